The Morgan fingerprint density at radius 3 is 2.61 bits per heavy atom. The van der Waals surface area contributed by atoms with Gasteiger partial charge in [-0.05, 0) is 56.2 Å². The number of nitrogens with one attached hydrogen (secondary N) is 1. The van der Waals surface area contributed by atoms with E-state index in [2.05, 4.69) is 17.2 Å². The Morgan fingerprint density at radius 2 is 1.95 bits per heavy atom. The number of aliphatic imine (C=N–C) groups is 1. The largest absolute Gasteiger partial charge is 0.487 e. The Hall–Kier alpha value is -3.42. The van der Waals surface area contributed by atoms with Gasteiger partial charge in [-0.3, -0.25) is 19.5 Å². The Balaban J connectivity index is 1.43. The van der Waals surface area contributed by atoms with E-state index >= 15 is 0 Å². The fourth-order valence-electron chi connectivity index (χ4n) is 6.47. The highest BCUT2D eigenvalue weighted by molar-refractivity contribution is 6.00. The van der Waals surface area contributed by atoms with Crippen molar-refractivity contribution in [2.75, 3.05) is 0 Å². The summed E-state index contributed by atoms with van der Waals surface area (Å²) in [5.41, 5.74) is 7.52. The van der Waals surface area contributed by atoms with Gasteiger partial charge < -0.3 is 15.8 Å². The molecule has 2 aliphatic heterocycles. The highest BCUT2D eigenvalue weighted by atomic mass is 16.5. The molecular formula is C30H39N5O3. The maximum atomic E-state index is 13.8. The summed E-state index contributed by atoms with van der Waals surface area (Å²) in [5.74, 6) is 0.684. The molecule has 1 aromatic carbocycles. The fourth-order valence-corrected chi connectivity index (χ4v) is 6.47. The van der Waals surface area contributed by atoms with Crippen molar-refractivity contribution in [3.05, 3.63) is 59.9 Å². The number of nitrogens with two attached hydrogens (primary N) is 1. The van der Waals surface area contributed by atoms with E-state index in [1.807, 2.05) is 64.1 Å². The van der Waals surface area contributed by atoms with E-state index in [4.69, 9.17) is 15.5 Å². The van der Waals surface area contributed by atoms with Crippen molar-refractivity contribution in [2.45, 2.75) is 83.5 Å². The van der Waals surface area contributed by atoms with Crippen LogP contribution in [0.1, 0.15) is 83.5 Å². The molecule has 0 saturated heterocycles. The minimum Gasteiger partial charge on any atom is -0.487 e. The van der Waals surface area contributed by atoms with E-state index in [-0.39, 0.29) is 41.6 Å². The van der Waals surface area contributed by atoms with E-state index in [1.165, 1.54) is 0 Å². The molecule has 1 aliphatic carbocycles. The zero-order valence-electron chi connectivity index (χ0n) is 23.0. The highest BCUT2D eigenvalue weighted by Crippen LogP contribution is 2.56. The van der Waals surface area contributed by atoms with E-state index in [0.29, 0.717) is 12.8 Å². The van der Waals surface area contributed by atoms with Gasteiger partial charge >= 0.3 is 0 Å². The van der Waals surface area contributed by atoms with Crippen LogP contribution in [0.4, 0.5) is 0 Å². The van der Waals surface area contributed by atoms with Crippen LogP contribution in [-0.2, 0) is 9.59 Å². The molecule has 38 heavy (non-hydrogen) atoms. The van der Waals surface area contributed by atoms with Crippen molar-refractivity contribution in [1.29, 1.82) is 0 Å². The molecule has 0 radical (unpaired) electrons. The predicted molar refractivity (Wildman–Crippen MR) is 146 cm³/mol. The lowest BCUT2D eigenvalue weighted by atomic mass is 9.87. The smallest absolute Gasteiger partial charge is 0.232 e. The third-order valence-electron chi connectivity index (χ3n) is 8.78. The lowest BCUT2D eigenvalue weighted by Crippen LogP contribution is -2.53. The van der Waals surface area contributed by atoms with Gasteiger partial charge in [0.2, 0.25) is 11.8 Å². The number of amides is 2. The van der Waals surface area contributed by atoms with Gasteiger partial charge in [-0.15, -0.1) is 0 Å². The van der Waals surface area contributed by atoms with E-state index in [9.17, 15) is 9.59 Å². The normalized spacial score (nSPS) is 28.0. The van der Waals surface area contributed by atoms with E-state index < -0.39 is 17.2 Å². The Morgan fingerprint density at radius 1 is 1.21 bits per heavy atom. The Labute approximate surface area is 225 Å². The van der Waals surface area contributed by atoms with E-state index in [1.54, 1.807) is 17.3 Å². The average Bonchev–Trinajstić information content (AvgIpc) is 3.55. The molecule has 2 amide bonds. The van der Waals surface area contributed by atoms with Gasteiger partial charge in [0, 0.05) is 30.3 Å². The molecule has 5 atom stereocenters. The predicted octanol–water partition coefficient (Wildman–Crippen LogP) is 4.53. The molecule has 202 valence electrons. The van der Waals surface area contributed by atoms with Gasteiger partial charge in [-0.2, -0.15) is 0 Å². The van der Waals surface area contributed by atoms with Crippen molar-refractivity contribution >= 4 is 17.8 Å². The van der Waals surface area contributed by atoms with Crippen LogP contribution in [0, 0.1) is 17.8 Å². The topological polar surface area (TPSA) is 110 Å². The quantitative estimate of drug-likeness (QED) is 0.561. The van der Waals surface area contributed by atoms with Gasteiger partial charge in [0.1, 0.15) is 11.4 Å². The number of benzene rings is 1. The van der Waals surface area contributed by atoms with Gasteiger partial charge in [-0.25, -0.2) is 4.99 Å². The second kappa shape index (κ2) is 9.71. The van der Waals surface area contributed by atoms with Crippen LogP contribution in [0.15, 0.2) is 53.8 Å². The minimum atomic E-state index is -0.466. The zero-order chi connectivity index (χ0) is 27.2. The SMILES string of the molecule is CCC1(CC)CC(=O)N([C@H](c2cccnc2)[C@@H]2C(C)[C@H]2C(=O)N[C@H]2CC(C)(C)Oc3ccccc32)C(N)=N1. The molecule has 0 bridgehead atoms. The number of guanidine groups is 1. The first-order chi connectivity index (χ1) is 18.1. The first-order valence-electron chi connectivity index (χ1n) is 13.8. The van der Waals surface area contributed by atoms with Crippen molar-refractivity contribution in [2.24, 2.45) is 28.5 Å². The maximum Gasteiger partial charge on any atom is 0.232 e. The summed E-state index contributed by atoms with van der Waals surface area (Å²) in [6, 6.07) is 11.1. The van der Waals surface area contributed by atoms with Crippen LogP contribution in [-0.4, -0.2) is 38.8 Å². The number of hydrogen-bond acceptors (Lipinski definition) is 6. The van der Waals surface area contributed by atoms with Gasteiger partial charge in [0.25, 0.3) is 0 Å². The lowest BCUT2D eigenvalue weighted by Gasteiger charge is -2.40. The molecule has 1 aromatic heterocycles. The van der Waals surface area contributed by atoms with Crippen LogP contribution in [0.5, 0.6) is 5.75 Å². The molecule has 0 spiro atoms. The third kappa shape index (κ3) is 4.65. The monoisotopic (exact) mass is 517 g/mol. The first kappa shape index (κ1) is 26.2. The van der Waals surface area contributed by atoms with Crippen LogP contribution in [0.25, 0.3) is 0 Å². The molecule has 1 fully saturated rings. The second-order valence-corrected chi connectivity index (χ2v) is 11.7. The van der Waals surface area contributed by atoms with E-state index in [0.717, 1.165) is 29.7 Å². The molecule has 2 aromatic rings. The third-order valence-corrected chi connectivity index (χ3v) is 8.78. The van der Waals surface area contributed by atoms with Crippen molar-refractivity contribution in [3.63, 3.8) is 0 Å². The second-order valence-electron chi connectivity index (χ2n) is 11.7. The maximum absolute atomic E-state index is 13.8. The molecule has 3 N–H and O–H groups in total. The molecule has 8 nitrogen and oxygen atoms in total. The van der Waals surface area contributed by atoms with Crippen LogP contribution in [0.2, 0.25) is 0 Å². The molecule has 1 unspecified atom stereocenters. The molecule has 1 saturated carbocycles. The molecule has 3 heterocycles. The lowest BCUT2D eigenvalue weighted by molar-refractivity contribution is -0.132. The van der Waals surface area contributed by atoms with Crippen molar-refractivity contribution in [3.8, 4) is 5.75 Å². The van der Waals surface area contributed by atoms with Crippen molar-refractivity contribution in [1.82, 2.24) is 15.2 Å². The zero-order valence-corrected chi connectivity index (χ0v) is 23.0. The average molecular weight is 518 g/mol. The Bertz CT molecular complexity index is 1240. The van der Waals surface area contributed by atoms with Crippen LogP contribution < -0.4 is 15.8 Å². The number of nitrogens with zero attached hydrogens (tertiary/aromatic N) is 3. The van der Waals surface area contributed by atoms with Crippen molar-refractivity contribution < 1.29 is 14.3 Å². The fraction of sp³-hybridized carbons (Fsp3) is 0.533. The number of carbonyl (C=O) groups is 2. The highest BCUT2D eigenvalue weighted by Gasteiger charge is 2.59. The summed E-state index contributed by atoms with van der Waals surface area (Å²) in [6.07, 6.45) is 5.95. The number of aromatic nitrogens is 1. The summed E-state index contributed by atoms with van der Waals surface area (Å²) in [5, 5.41) is 3.32. The summed E-state index contributed by atoms with van der Waals surface area (Å²) in [6.45, 7) is 10.2. The number of hydrogen-bond donors (Lipinski definition) is 2. The first-order valence-corrected chi connectivity index (χ1v) is 13.8. The number of fused-ring (bicyclic) bond motifs is 1. The molecule has 5 rings (SSSR count). The summed E-state index contributed by atoms with van der Waals surface area (Å²) >= 11 is 0. The Kier molecular flexibility index (Phi) is 6.70. The number of pyridine rings is 1. The van der Waals surface area contributed by atoms with Gasteiger partial charge in [0.05, 0.1) is 24.0 Å². The number of rotatable bonds is 7. The summed E-state index contributed by atoms with van der Waals surface area (Å²) < 4.78 is 6.15. The summed E-state index contributed by atoms with van der Waals surface area (Å²) in [7, 11) is 0. The minimum absolute atomic E-state index is 0.00896. The van der Waals surface area contributed by atoms with Crippen LogP contribution in [0.3, 0.4) is 0 Å². The standard InChI is InChI=1S/C30H39N5O3/c1-6-30(7-2)16-23(36)35(28(31)34-30)26(19-11-10-14-32-17-19)24-18(3)25(24)27(37)33-21-15-29(4,5)38-22-13-9-8-12-20(21)22/h8-14,17-18,21,24-26H,6-7,15-16H2,1-5H3,(H2,31,34)(H,33,37)/t18?,21-,24+,25+,26+/m0/s1. The molecule has 3 aliphatic rings. The number of para-hydroxylation sites is 1. The summed E-state index contributed by atoms with van der Waals surface area (Å²) in [4.78, 5) is 38.2. The molecular weight excluding hydrogens is 478 g/mol. The number of carbonyl (C=O) groups excluding carboxylic acids is 2. The van der Waals surface area contributed by atoms with Gasteiger partial charge in [0.15, 0.2) is 5.96 Å². The molecule has 8 heteroatoms. The number of ether oxygens (including phenoxy) is 1. The van der Waals surface area contributed by atoms with Crippen LogP contribution >= 0.6 is 0 Å². The van der Waals surface area contributed by atoms with Gasteiger partial charge in [-0.1, -0.05) is 45.0 Å².